The number of benzene rings is 1. The van der Waals surface area contributed by atoms with E-state index in [1.54, 1.807) is 12.1 Å². The molecule has 1 atom stereocenters. The van der Waals surface area contributed by atoms with E-state index in [2.05, 4.69) is 19.2 Å². The van der Waals surface area contributed by atoms with Crippen molar-refractivity contribution >= 4 is 11.7 Å². The summed E-state index contributed by atoms with van der Waals surface area (Å²) in [4.78, 5) is 12.4. The molecule has 2 rings (SSSR count). The zero-order valence-corrected chi connectivity index (χ0v) is 12.3. The second-order valence-corrected chi connectivity index (χ2v) is 6.28. The molecule has 0 bridgehead atoms. The van der Waals surface area contributed by atoms with Crippen LogP contribution in [0.5, 0.6) is 0 Å². The minimum atomic E-state index is -0.697. The number of anilines is 1. The monoisotopic (exact) mass is 279 g/mol. The molecule has 1 fully saturated rings. The number of ether oxygens (including phenoxy) is 1. The van der Waals surface area contributed by atoms with Gasteiger partial charge in [0.15, 0.2) is 0 Å². The van der Waals surface area contributed by atoms with Crippen LogP contribution >= 0.6 is 0 Å². The molecule has 1 N–H and O–H groups in total. The van der Waals surface area contributed by atoms with Gasteiger partial charge in [-0.3, -0.25) is 0 Å². The molecular weight excluding hydrogens is 257 g/mol. The lowest BCUT2D eigenvalue weighted by Crippen LogP contribution is -2.46. The van der Waals surface area contributed by atoms with Gasteiger partial charge in [-0.2, -0.15) is 0 Å². The van der Waals surface area contributed by atoms with Crippen molar-refractivity contribution in [3.63, 3.8) is 0 Å². The van der Waals surface area contributed by atoms with E-state index < -0.39 is 5.54 Å². The van der Waals surface area contributed by atoms with Gasteiger partial charge in [0.2, 0.25) is 0 Å². The summed E-state index contributed by atoms with van der Waals surface area (Å²) < 4.78 is 18.2. The Morgan fingerprint density at radius 3 is 2.45 bits per heavy atom. The van der Waals surface area contributed by atoms with Crippen molar-refractivity contribution < 1.29 is 13.9 Å². The molecule has 0 heterocycles. The molecule has 1 aromatic rings. The van der Waals surface area contributed by atoms with E-state index in [1.807, 2.05) is 6.92 Å². The minimum Gasteiger partial charge on any atom is -0.464 e. The molecule has 1 aliphatic rings. The van der Waals surface area contributed by atoms with Gasteiger partial charge in [0.1, 0.15) is 11.4 Å². The van der Waals surface area contributed by atoms with Crippen LogP contribution in [0.3, 0.4) is 0 Å². The molecule has 0 aliphatic heterocycles. The van der Waals surface area contributed by atoms with Crippen LogP contribution in [0, 0.1) is 11.2 Å². The number of hydrogen-bond donors (Lipinski definition) is 1. The van der Waals surface area contributed by atoms with E-state index in [9.17, 15) is 9.18 Å². The SMILES string of the molecule is CCOC(=O)C1(Nc2ccc(F)cc2)CCC(C)(C)C1. The van der Waals surface area contributed by atoms with Crippen LogP contribution in [-0.4, -0.2) is 18.1 Å². The highest BCUT2D eigenvalue weighted by Gasteiger charge is 2.49. The summed E-state index contributed by atoms with van der Waals surface area (Å²) in [6.07, 6.45) is 2.41. The Labute approximate surface area is 119 Å². The van der Waals surface area contributed by atoms with Crippen molar-refractivity contribution in [3.05, 3.63) is 30.1 Å². The van der Waals surface area contributed by atoms with Gasteiger partial charge in [0, 0.05) is 5.69 Å². The average Bonchev–Trinajstić information content (AvgIpc) is 2.69. The zero-order chi connectivity index (χ0) is 14.8. The minimum absolute atomic E-state index is 0.0970. The molecule has 20 heavy (non-hydrogen) atoms. The van der Waals surface area contributed by atoms with E-state index in [0.29, 0.717) is 6.61 Å². The lowest BCUT2D eigenvalue weighted by Gasteiger charge is -2.30. The summed E-state index contributed by atoms with van der Waals surface area (Å²) >= 11 is 0. The Kier molecular flexibility index (Phi) is 4.02. The standard InChI is InChI=1S/C16H22FNO2/c1-4-20-14(19)16(10-9-15(2,3)11-16)18-13-7-5-12(17)6-8-13/h5-8,18H,4,9-11H2,1-3H3. The molecule has 1 saturated carbocycles. The molecule has 1 aliphatic carbocycles. The first-order valence-electron chi connectivity index (χ1n) is 7.08. The van der Waals surface area contributed by atoms with E-state index in [4.69, 9.17) is 4.74 Å². The van der Waals surface area contributed by atoms with Crippen LogP contribution < -0.4 is 5.32 Å². The van der Waals surface area contributed by atoms with Crippen molar-refractivity contribution in [3.8, 4) is 0 Å². The summed E-state index contributed by atoms with van der Waals surface area (Å²) in [5.41, 5.74) is 0.147. The van der Waals surface area contributed by atoms with E-state index in [1.165, 1.54) is 12.1 Å². The molecule has 0 spiro atoms. The summed E-state index contributed by atoms with van der Waals surface area (Å²) in [6.45, 7) is 6.48. The van der Waals surface area contributed by atoms with Gasteiger partial charge in [-0.15, -0.1) is 0 Å². The fourth-order valence-electron chi connectivity index (χ4n) is 2.96. The van der Waals surface area contributed by atoms with Crippen molar-refractivity contribution in [2.24, 2.45) is 5.41 Å². The average molecular weight is 279 g/mol. The number of hydrogen-bond acceptors (Lipinski definition) is 3. The Morgan fingerprint density at radius 2 is 1.95 bits per heavy atom. The molecule has 110 valence electrons. The second-order valence-electron chi connectivity index (χ2n) is 6.28. The lowest BCUT2D eigenvalue weighted by atomic mass is 9.87. The van der Waals surface area contributed by atoms with Gasteiger partial charge >= 0.3 is 5.97 Å². The summed E-state index contributed by atoms with van der Waals surface area (Å²) in [7, 11) is 0. The number of esters is 1. The Balaban J connectivity index is 2.23. The highest BCUT2D eigenvalue weighted by molar-refractivity contribution is 5.85. The molecule has 4 heteroatoms. The third-order valence-electron chi connectivity index (χ3n) is 3.90. The Hall–Kier alpha value is -1.58. The lowest BCUT2D eigenvalue weighted by molar-refractivity contribution is -0.148. The van der Waals surface area contributed by atoms with Crippen LogP contribution in [0.15, 0.2) is 24.3 Å². The molecule has 1 unspecified atom stereocenters. The van der Waals surface area contributed by atoms with Gasteiger partial charge in [-0.1, -0.05) is 13.8 Å². The van der Waals surface area contributed by atoms with E-state index >= 15 is 0 Å². The van der Waals surface area contributed by atoms with Crippen molar-refractivity contribution in [2.45, 2.75) is 45.6 Å². The first-order valence-corrected chi connectivity index (χ1v) is 7.08. The first kappa shape index (κ1) is 14.8. The van der Waals surface area contributed by atoms with Crippen LogP contribution in [-0.2, 0) is 9.53 Å². The Morgan fingerprint density at radius 1 is 1.30 bits per heavy atom. The maximum atomic E-state index is 13.0. The molecular formula is C16H22FNO2. The topological polar surface area (TPSA) is 38.3 Å². The van der Waals surface area contributed by atoms with Gasteiger partial charge < -0.3 is 10.1 Å². The number of halogens is 1. The summed E-state index contributed by atoms with van der Waals surface area (Å²) in [5.74, 6) is -0.498. The molecule has 0 amide bonds. The molecule has 1 aromatic carbocycles. The maximum Gasteiger partial charge on any atom is 0.331 e. The second kappa shape index (κ2) is 5.43. The summed E-state index contributed by atoms with van der Waals surface area (Å²) in [5, 5.41) is 3.28. The van der Waals surface area contributed by atoms with Crippen molar-refractivity contribution in [1.82, 2.24) is 0 Å². The number of nitrogens with one attached hydrogen (secondary N) is 1. The van der Waals surface area contributed by atoms with E-state index in [-0.39, 0.29) is 17.2 Å². The highest BCUT2D eigenvalue weighted by atomic mass is 19.1. The van der Waals surface area contributed by atoms with Gasteiger partial charge in [0.05, 0.1) is 6.61 Å². The van der Waals surface area contributed by atoms with Gasteiger partial charge in [-0.25, -0.2) is 9.18 Å². The molecule has 0 aromatic heterocycles. The fourth-order valence-corrected chi connectivity index (χ4v) is 2.96. The van der Waals surface area contributed by atoms with Crippen LogP contribution in [0.1, 0.15) is 40.0 Å². The summed E-state index contributed by atoms with van der Waals surface area (Å²) in [6, 6.07) is 6.09. The predicted octanol–water partition coefficient (Wildman–Crippen LogP) is 3.75. The Bertz CT molecular complexity index is 484. The van der Waals surface area contributed by atoms with E-state index in [0.717, 1.165) is 24.9 Å². The smallest absolute Gasteiger partial charge is 0.331 e. The van der Waals surface area contributed by atoms with Gasteiger partial charge in [-0.05, 0) is 55.9 Å². The number of carbonyl (C=O) groups excluding carboxylic acids is 1. The van der Waals surface area contributed by atoms with Crippen molar-refractivity contribution in [1.29, 1.82) is 0 Å². The van der Waals surface area contributed by atoms with Crippen molar-refractivity contribution in [2.75, 3.05) is 11.9 Å². The molecule has 0 saturated heterocycles. The van der Waals surface area contributed by atoms with Crippen LogP contribution in [0.4, 0.5) is 10.1 Å². The largest absolute Gasteiger partial charge is 0.464 e. The zero-order valence-electron chi connectivity index (χ0n) is 12.3. The maximum absolute atomic E-state index is 13.0. The highest BCUT2D eigenvalue weighted by Crippen LogP contribution is 2.45. The predicted molar refractivity (Wildman–Crippen MR) is 77.0 cm³/mol. The first-order chi connectivity index (χ1) is 9.37. The third kappa shape index (κ3) is 3.11. The van der Waals surface area contributed by atoms with Gasteiger partial charge in [0.25, 0.3) is 0 Å². The molecule has 0 radical (unpaired) electrons. The normalized spacial score (nSPS) is 24.4. The van der Waals surface area contributed by atoms with Crippen LogP contribution in [0.2, 0.25) is 0 Å². The third-order valence-corrected chi connectivity index (χ3v) is 3.90. The number of carbonyl (C=O) groups is 1. The fraction of sp³-hybridized carbons (Fsp3) is 0.562. The molecule has 3 nitrogen and oxygen atoms in total. The number of rotatable bonds is 4. The van der Waals surface area contributed by atoms with Crippen LogP contribution in [0.25, 0.3) is 0 Å². The quantitative estimate of drug-likeness (QED) is 0.853.